The number of carbonyl (C=O) groups is 1. The molecule has 1 amide bonds. The monoisotopic (exact) mass is 360 g/mol. The average Bonchev–Trinajstić information content (AvgIpc) is 2.73. The van der Waals surface area contributed by atoms with Crippen molar-refractivity contribution in [3.8, 4) is 16.9 Å². The normalized spacial score (nSPS) is 11.5. The van der Waals surface area contributed by atoms with Crippen LogP contribution >= 0.6 is 0 Å². The fourth-order valence-corrected chi connectivity index (χ4v) is 2.79. The number of anilines is 1. The molecule has 0 radical (unpaired) electrons. The number of hydrogen-bond acceptors (Lipinski definition) is 3. The van der Waals surface area contributed by atoms with E-state index in [9.17, 15) is 4.79 Å². The van der Waals surface area contributed by atoms with Crippen LogP contribution in [0.5, 0.6) is 5.75 Å². The summed E-state index contributed by atoms with van der Waals surface area (Å²) in [7, 11) is 1.64. The van der Waals surface area contributed by atoms with Crippen LogP contribution in [0.2, 0.25) is 0 Å². The molecule has 138 valence electrons. The van der Waals surface area contributed by atoms with Crippen molar-refractivity contribution in [2.75, 3.05) is 12.4 Å². The molecule has 3 aromatic rings. The lowest BCUT2D eigenvalue weighted by atomic mass is 10.1. The van der Waals surface area contributed by atoms with Crippen LogP contribution in [0.3, 0.4) is 0 Å². The van der Waals surface area contributed by atoms with Gasteiger partial charge in [0.05, 0.1) is 7.11 Å². The maximum Gasteiger partial charge on any atom is 0.242 e. The highest BCUT2D eigenvalue weighted by Crippen LogP contribution is 2.21. The highest BCUT2D eigenvalue weighted by molar-refractivity contribution is 5.84. The van der Waals surface area contributed by atoms with Crippen molar-refractivity contribution in [2.45, 2.75) is 19.5 Å². The molecule has 0 aliphatic carbocycles. The molecule has 4 nitrogen and oxygen atoms in total. The lowest BCUT2D eigenvalue weighted by Crippen LogP contribution is -2.37. The molecule has 0 spiro atoms. The number of methoxy groups -OCH3 is 1. The largest absolute Gasteiger partial charge is 0.497 e. The average molecular weight is 360 g/mol. The second kappa shape index (κ2) is 8.90. The van der Waals surface area contributed by atoms with Gasteiger partial charge in [0.25, 0.3) is 0 Å². The van der Waals surface area contributed by atoms with Gasteiger partial charge >= 0.3 is 0 Å². The van der Waals surface area contributed by atoms with Crippen molar-refractivity contribution in [3.05, 3.63) is 84.4 Å². The van der Waals surface area contributed by atoms with Gasteiger partial charge in [-0.05, 0) is 47.9 Å². The summed E-state index contributed by atoms with van der Waals surface area (Å²) in [5.74, 6) is 0.761. The molecule has 0 unspecified atom stereocenters. The van der Waals surface area contributed by atoms with E-state index in [2.05, 4.69) is 34.9 Å². The van der Waals surface area contributed by atoms with E-state index >= 15 is 0 Å². The lowest BCUT2D eigenvalue weighted by Gasteiger charge is -2.16. The lowest BCUT2D eigenvalue weighted by molar-refractivity contribution is -0.121. The molecular formula is C23H24N2O2. The van der Waals surface area contributed by atoms with Crippen LogP contribution < -0.4 is 15.4 Å². The first kappa shape index (κ1) is 18.5. The van der Waals surface area contributed by atoms with Gasteiger partial charge in [-0.3, -0.25) is 4.79 Å². The minimum atomic E-state index is -0.328. The van der Waals surface area contributed by atoms with E-state index in [1.54, 1.807) is 7.11 Å². The number of rotatable bonds is 7. The van der Waals surface area contributed by atoms with Crippen molar-refractivity contribution in [3.63, 3.8) is 0 Å². The summed E-state index contributed by atoms with van der Waals surface area (Å²) < 4.78 is 5.14. The Morgan fingerprint density at radius 3 is 2.15 bits per heavy atom. The Balaban J connectivity index is 1.53. The van der Waals surface area contributed by atoms with Gasteiger partial charge < -0.3 is 15.4 Å². The fraction of sp³-hybridized carbons (Fsp3) is 0.174. The predicted octanol–water partition coefficient (Wildman–Crippen LogP) is 4.48. The maximum atomic E-state index is 12.3. The smallest absolute Gasteiger partial charge is 0.242 e. The molecule has 0 aromatic heterocycles. The van der Waals surface area contributed by atoms with Gasteiger partial charge in [-0.2, -0.15) is 0 Å². The fourth-order valence-electron chi connectivity index (χ4n) is 2.79. The predicted molar refractivity (Wildman–Crippen MR) is 110 cm³/mol. The molecule has 3 rings (SSSR count). The van der Waals surface area contributed by atoms with Crippen LogP contribution in [-0.4, -0.2) is 19.1 Å². The zero-order valence-corrected chi connectivity index (χ0v) is 15.6. The number of carbonyl (C=O) groups excluding carboxylic acids is 1. The summed E-state index contributed by atoms with van der Waals surface area (Å²) in [4.78, 5) is 12.3. The van der Waals surface area contributed by atoms with Gasteiger partial charge in [-0.25, -0.2) is 0 Å². The molecule has 27 heavy (non-hydrogen) atoms. The Morgan fingerprint density at radius 1 is 0.889 bits per heavy atom. The number of benzene rings is 3. The first-order chi connectivity index (χ1) is 13.2. The highest BCUT2D eigenvalue weighted by atomic mass is 16.5. The van der Waals surface area contributed by atoms with Crippen LogP contribution in [0.25, 0.3) is 11.1 Å². The Bertz CT molecular complexity index is 859. The van der Waals surface area contributed by atoms with Gasteiger partial charge in [-0.1, -0.05) is 54.6 Å². The van der Waals surface area contributed by atoms with Crippen molar-refractivity contribution < 1.29 is 9.53 Å². The van der Waals surface area contributed by atoms with Crippen LogP contribution in [0, 0.1) is 0 Å². The Kier molecular flexibility index (Phi) is 6.10. The molecule has 0 saturated carbocycles. The molecule has 0 saturated heterocycles. The molecule has 4 heteroatoms. The van der Waals surface area contributed by atoms with Crippen LogP contribution in [-0.2, 0) is 11.3 Å². The van der Waals surface area contributed by atoms with Crippen LogP contribution in [0.1, 0.15) is 12.5 Å². The van der Waals surface area contributed by atoms with Crippen LogP contribution in [0.15, 0.2) is 78.9 Å². The van der Waals surface area contributed by atoms with Gasteiger partial charge in [0, 0.05) is 12.2 Å². The standard InChI is InChI=1S/C23H24N2O2/c1-17(23(26)24-16-18-8-14-22(27-2)15-9-18)25-21-12-10-20(11-13-21)19-6-4-3-5-7-19/h3-15,17,25H,16H2,1-2H3,(H,24,26)/t17-/m1/s1. The number of ether oxygens (including phenoxy) is 1. The van der Waals surface area contributed by atoms with Crippen molar-refractivity contribution in [1.82, 2.24) is 5.32 Å². The van der Waals surface area contributed by atoms with Crippen molar-refractivity contribution >= 4 is 11.6 Å². The van der Waals surface area contributed by atoms with E-state index in [4.69, 9.17) is 4.74 Å². The zero-order valence-electron chi connectivity index (χ0n) is 15.6. The number of nitrogens with one attached hydrogen (secondary N) is 2. The second-order valence-corrected chi connectivity index (χ2v) is 6.38. The second-order valence-electron chi connectivity index (χ2n) is 6.38. The topological polar surface area (TPSA) is 50.4 Å². The van der Waals surface area contributed by atoms with E-state index in [1.165, 1.54) is 5.56 Å². The van der Waals surface area contributed by atoms with E-state index in [0.29, 0.717) is 6.54 Å². The van der Waals surface area contributed by atoms with Gasteiger partial charge in [0.15, 0.2) is 0 Å². The van der Waals surface area contributed by atoms with Crippen LogP contribution in [0.4, 0.5) is 5.69 Å². The number of hydrogen-bond donors (Lipinski definition) is 2. The zero-order chi connectivity index (χ0) is 19.1. The molecule has 3 aromatic carbocycles. The third-order valence-electron chi connectivity index (χ3n) is 4.39. The maximum absolute atomic E-state index is 12.3. The summed E-state index contributed by atoms with van der Waals surface area (Å²) in [5.41, 5.74) is 4.28. The molecule has 0 bridgehead atoms. The van der Waals surface area contributed by atoms with Crippen molar-refractivity contribution in [1.29, 1.82) is 0 Å². The van der Waals surface area contributed by atoms with Gasteiger partial charge in [0.1, 0.15) is 11.8 Å². The first-order valence-corrected chi connectivity index (χ1v) is 8.98. The van der Waals surface area contributed by atoms with E-state index in [0.717, 1.165) is 22.6 Å². The molecule has 0 heterocycles. The Morgan fingerprint density at radius 2 is 1.52 bits per heavy atom. The summed E-state index contributed by atoms with van der Waals surface area (Å²) in [6.07, 6.45) is 0. The minimum Gasteiger partial charge on any atom is -0.497 e. The van der Waals surface area contributed by atoms with Gasteiger partial charge in [-0.15, -0.1) is 0 Å². The molecule has 0 fully saturated rings. The molecule has 0 aliphatic heterocycles. The summed E-state index contributed by atoms with van der Waals surface area (Å²) in [5, 5.41) is 6.19. The number of amides is 1. The Labute approximate surface area is 160 Å². The van der Waals surface area contributed by atoms with Crippen molar-refractivity contribution in [2.24, 2.45) is 0 Å². The minimum absolute atomic E-state index is 0.0436. The quantitative estimate of drug-likeness (QED) is 0.653. The Hall–Kier alpha value is -3.27. The summed E-state index contributed by atoms with van der Waals surface area (Å²) in [6.45, 7) is 2.34. The van der Waals surface area contributed by atoms with E-state index in [1.807, 2.05) is 61.5 Å². The molecular weight excluding hydrogens is 336 g/mol. The molecule has 2 N–H and O–H groups in total. The van der Waals surface area contributed by atoms with E-state index < -0.39 is 0 Å². The van der Waals surface area contributed by atoms with Gasteiger partial charge in [0.2, 0.25) is 5.91 Å². The third kappa shape index (κ3) is 5.11. The van der Waals surface area contributed by atoms with E-state index in [-0.39, 0.29) is 11.9 Å². The molecule has 0 aliphatic rings. The summed E-state index contributed by atoms with van der Waals surface area (Å²) >= 11 is 0. The summed E-state index contributed by atoms with van der Waals surface area (Å²) in [6, 6.07) is 25.7. The molecule has 1 atom stereocenters. The third-order valence-corrected chi connectivity index (χ3v) is 4.39. The first-order valence-electron chi connectivity index (χ1n) is 8.98. The highest BCUT2D eigenvalue weighted by Gasteiger charge is 2.12. The SMILES string of the molecule is COc1ccc(CNC(=O)[C@@H](C)Nc2ccc(-c3ccccc3)cc2)cc1.